The summed E-state index contributed by atoms with van der Waals surface area (Å²) in [6, 6.07) is 14.7. The summed E-state index contributed by atoms with van der Waals surface area (Å²) >= 11 is 6.18. The van der Waals surface area contributed by atoms with E-state index < -0.39 is 15.6 Å². The SMILES string of the molecule is CN=C(NCCc1ccccc1Cl)NCc1ccccc1S(=O)(=O)NC(C)(C)C. The van der Waals surface area contributed by atoms with Gasteiger partial charge in [-0.1, -0.05) is 48.0 Å². The molecule has 0 aliphatic rings. The van der Waals surface area contributed by atoms with E-state index in [2.05, 4.69) is 20.3 Å². The summed E-state index contributed by atoms with van der Waals surface area (Å²) in [6.45, 7) is 6.42. The standard InChI is InChI=1S/C21H29ClN4O2S/c1-21(2,3)26-29(27,28)19-12-8-6-10-17(19)15-25-20(23-4)24-14-13-16-9-5-7-11-18(16)22/h5-12,26H,13-15H2,1-4H3,(H2,23,24,25). The first-order valence-corrected chi connectivity index (χ1v) is 11.3. The molecule has 0 bridgehead atoms. The number of nitrogens with zero attached hydrogens (tertiary/aromatic N) is 1. The second-order valence-electron chi connectivity index (χ2n) is 7.66. The zero-order valence-corrected chi connectivity index (χ0v) is 18.9. The van der Waals surface area contributed by atoms with Crippen molar-refractivity contribution < 1.29 is 8.42 Å². The number of nitrogens with one attached hydrogen (secondary N) is 3. The number of halogens is 1. The topological polar surface area (TPSA) is 82.6 Å². The van der Waals surface area contributed by atoms with Gasteiger partial charge in [0.15, 0.2) is 5.96 Å². The summed E-state index contributed by atoms with van der Waals surface area (Å²) in [5, 5.41) is 7.14. The normalized spacial score (nSPS) is 12.7. The monoisotopic (exact) mass is 436 g/mol. The average Bonchev–Trinajstić information content (AvgIpc) is 2.64. The number of benzene rings is 2. The fourth-order valence-electron chi connectivity index (χ4n) is 2.79. The lowest BCUT2D eigenvalue weighted by Gasteiger charge is -2.22. The Labute approximate surface area is 178 Å². The maximum absolute atomic E-state index is 12.7. The van der Waals surface area contributed by atoms with Crippen LogP contribution in [0.5, 0.6) is 0 Å². The van der Waals surface area contributed by atoms with Gasteiger partial charge < -0.3 is 10.6 Å². The first kappa shape index (κ1) is 23.2. The fraction of sp³-hybridized carbons (Fsp3) is 0.381. The van der Waals surface area contributed by atoms with Crippen molar-refractivity contribution in [1.29, 1.82) is 0 Å². The summed E-state index contributed by atoms with van der Waals surface area (Å²) in [5.74, 6) is 0.591. The number of aliphatic imine (C=N–C) groups is 1. The van der Waals surface area contributed by atoms with Crippen molar-refractivity contribution in [1.82, 2.24) is 15.4 Å². The van der Waals surface area contributed by atoms with Crippen LogP contribution >= 0.6 is 11.6 Å². The maximum atomic E-state index is 12.7. The number of hydrogen-bond donors (Lipinski definition) is 3. The lowest BCUT2D eigenvalue weighted by molar-refractivity contribution is 0.491. The predicted molar refractivity (Wildman–Crippen MR) is 120 cm³/mol. The van der Waals surface area contributed by atoms with Crippen molar-refractivity contribution >= 4 is 27.6 Å². The Balaban J connectivity index is 2.00. The summed E-state index contributed by atoms with van der Waals surface area (Å²) in [4.78, 5) is 4.46. The van der Waals surface area contributed by atoms with E-state index in [0.29, 0.717) is 24.6 Å². The molecule has 0 amide bonds. The van der Waals surface area contributed by atoms with Crippen molar-refractivity contribution in [2.75, 3.05) is 13.6 Å². The molecule has 0 fully saturated rings. The lowest BCUT2D eigenvalue weighted by atomic mass is 10.1. The molecule has 0 aliphatic heterocycles. The van der Waals surface area contributed by atoms with Crippen LogP contribution in [0.25, 0.3) is 0 Å². The van der Waals surface area contributed by atoms with Crippen molar-refractivity contribution in [2.45, 2.75) is 44.2 Å². The van der Waals surface area contributed by atoms with Crippen molar-refractivity contribution in [3.63, 3.8) is 0 Å². The largest absolute Gasteiger partial charge is 0.356 e. The van der Waals surface area contributed by atoms with Crippen molar-refractivity contribution in [2.24, 2.45) is 4.99 Å². The Bertz CT molecular complexity index is 953. The van der Waals surface area contributed by atoms with Gasteiger partial charge in [0.25, 0.3) is 0 Å². The predicted octanol–water partition coefficient (Wildman–Crippen LogP) is 3.32. The molecule has 2 rings (SSSR count). The zero-order valence-electron chi connectivity index (χ0n) is 17.3. The molecule has 6 nitrogen and oxygen atoms in total. The van der Waals surface area contributed by atoms with Gasteiger partial charge in [0.05, 0.1) is 4.90 Å². The fourth-order valence-corrected chi connectivity index (χ4v) is 4.68. The van der Waals surface area contributed by atoms with E-state index in [9.17, 15) is 8.42 Å². The molecule has 0 spiro atoms. The molecule has 0 radical (unpaired) electrons. The van der Waals surface area contributed by atoms with Crippen LogP contribution in [-0.4, -0.2) is 33.5 Å². The van der Waals surface area contributed by atoms with Gasteiger partial charge in [-0.05, 0) is 50.5 Å². The molecule has 2 aromatic rings. The Morgan fingerprint density at radius 3 is 2.24 bits per heavy atom. The third-order valence-corrected chi connectivity index (χ3v) is 6.24. The van der Waals surface area contributed by atoms with Crippen molar-refractivity contribution in [3.05, 3.63) is 64.7 Å². The van der Waals surface area contributed by atoms with Crippen LogP contribution in [0.4, 0.5) is 0 Å². The van der Waals surface area contributed by atoms with Crippen LogP contribution < -0.4 is 15.4 Å². The number of hydrogen-bond acceptors (Lipinski definition) is 3. The summed E-state index contributed by atoms with van der Waals surface area (Å²) in [7, 11) is -1.95. The Morgan fingerprint density at radius 1 is 1.00 bits per heavy atom. The quantitative estimate of drug-likeness (QED) is 0.459. The molecule has 0 heterocycles. The first-order chi connectivity index (χ1) is 13.6. The summed E-state index contributed by atoms with van der Waals surface area (Å²) < 4.78 is 28.2. The van der Waals surface area contributed by atoms with Gasteiger partial charge in [-0.15, -0.1) is 0 Å². The van der Waals surface area contributed by atoms with E-state index >= 15 is 0 Å². The minimum Gasteiger partial charge on any atom is -0.356 e. The van der Waals surface area contributed by atoms with E-state index in [0.717, 1.165) is 17.0 Å². The van der Waals surface area contributed by atoms with Crippen LogP contribution in [0.15, 0.2) is 58.4 Å². The summed E-state index contributed by atoms with van der Waals surface area (Å²) in [6.07, 6.45) is 0.751. The Morgan fingerprint density at radius 2 is 1.62 bits per heavy atom. The highest BCUT2D eigenvalue weighted by Gasteiger charge is 2.24. The minimum absolute atomic E-state index is 0.258. The van der Waals surface area contributed by atoms with Gasteiger partial charge in [-0.3, -0.25) is 4.99 Å². The van der Waals surface area contributed by atoms with Gasteiger partial charge in [-0.2, -0.15) is 0 Å². The molecule has 3 N–H and O–H groups in total. The highest BCUT2D eigenvalue weighted by Crippen LogP contribution is 2.18. The second-order valence-corrected chi connectivity index (χ2v) is 9.72. The van der Waals surface area contributed by atoms with Crippen LogP contribution in [0.3, 0.4) is 0 Å². The lowest BCUT2D eigenvalue weighted by Crippen LogP contribution is -2.41. The minimum atomic E-state index is -3.63. The van der Waals surface area contributed by atoms with Gasteiger partial charge in [0.1, 0.15) is 0 Å². The molecule has 0 unspecified atom stereocenters. The van der Waals surface area contributed by atoms with E-state index in [1.165, 1.54) is 0 Å². The second kappa shape index (κ2) is 10.1. The molecule has 2 aromatic carbocycles. The van der Waals surface area contributed by atoms with Gasteiger partial charge in [0.2, 0.25) is 10.0 Å². The van der Waals surface area contributed by atoms with Gasteiger partial charge in [-0.25, -0.2) is 13.1 Å². The third kappa shape index (κ3) is 7.34. The summed E-state index contributed by atoms with van der Waals surface area (Å²) in [5.41, 5.74) is 1.16. The Hall–Kier alpha value is -2.09. The molecule has 29 heavy (non-hydrogen) atoms. The first-order valence-electron chi connectivity index (χ1n) is 9.42. The Kier molecular flexibility index (Phi) is 8.07. The average molecular weight is 437 g/mol. The van der Waals surface area contributed by atoms with Crippen LogP contribution in [0, 0.1) is 0 Å². The molecule has 0 saturated carbocycles. The van der Waals surface area contributed by atoms with E-state index in [4.69, 9.17) is 11.6 Å². The molecule has 0 aromatic heterocycles. The molecule has 8 heteroatoms. The van der Waals surface area contributed by atoms with Crippen molar-refractivity contribution in [3.8, 4) is 0 Å². The molecule has 0 saturated heterocycles. The smallest absolute Gasteiger partial charge is 0.241 e. The number of sulfonamides is 1. The van der Waals surface area contributed by atoms with Crippen LogP contribution in [-0.2, 0) is 23.0 Å². The van der Waals surface area contributed by atoms with E-state index in [1.807, 2.05) is 51.1 Å². The van der Waals surface area contributed by atoms with Crippen LogP contribution in [0.1, 0.15) is 31.9 Å². The molecule has 0 atom stereocenters. The van der Waals surface area contributed by atoms with Gasteiger partial charge in [0, 0.05) is 30.7 Å². The molecule has 0 aliphatic carbocycles. The zero-order chi connectivity index (χ0) is 21.5. The molecular weight excluding hydrogens is 408 g/mol. The highest BCUT2D eigenvalue weighted by molar-refractivity contribution is 7.89. The highest BCUT2D eigenvalue weighted by atomic mass is 35.5. The van der Waals surface area contributed by atoms with Crippen LogP contribution in [0.2, 0.25) is 5.02 Å². The van der Waals surface area contributed by atoms with E-state index in [1.54, 1.807) is 25.2 Å². The molecular formula is C21H29ClN4O2S. The van der Waals surface area contributed by atoms with E-state index in [-0.39, 0.29) is 4.90 Å². The third-order valence-electron chi connectivity index (χ3n) is 4.02. The maximum Gasteiger partial charge on any atom is 0.241 e. The van der Waals surface area contributed by atoms with Gasteiger partial charge >= 0.3 is 0 Å². The molecule has 158 valence electrons. The number of guanidine groups is 1. The number of rotatable bonds is 7.